The molecule has 0 saturated heterocycles. The fraction of sp³-hybridized carbons (Fsp3) is 0. The molecular formula is C50H29N5. The molecule has 0 bridgehead atoms. The molecule has 0 aliphatic heterocycles. The Morgan fingerprint density at radius 1 is 0.327 bits per heavy atom. The zero-order valence-corrected chi connectivity index (χ0v) is 29.5. The predicted molar refractivity (Wildman–Crippen MR) is 224 cm³/mol. The second kappa shape index (κ2) is 11.8. The Morgan fingerprint density at radius 2 is 0.782 bits per heavy atom. The lowest BCUT2D eigenvalue weighted by Crippen LogP contribution is -1.98. The summed E-state index contributed by atoms with van der Waals surface area (Å²) in [5.74, 6) is 0. The summed E-state index contributed by atoms with van der Waals surface area (Å²) < 4.78 is 6.86. The standard InChI is InChI=1S/C50H29N5/c51-30-32-17-26-49-44(27-32)43-25-23-37(55-47-15-7-3-11-41(47)42-12-4-8-16-48(42)55)29-50(43)53(49)35-20-18-33(19-21-35)38-24-22-36(28-34(38)31-52)54-45-13-5-1-9-39(45)40-10-2-6-14-46(40)54/h1-29H. The molecule has 11 aromatic rings. The van der Waals surface area contributed by atoms with E-state index in [0.717, 1.165) is 72.1 Å². The molecule has 3 aromatic heterocycles. The first kappa shape index (κ1) is 30.7. The molecule has 5 heteroatoms. The quantitative estimate of drug-likeness (QED) is 0.184. The van der Waals surface area contributed by atoms with Crippen molar-refractivity contribution in [1.82, 2.24) is 13.7 Å². The Kier molecular flexibility index (Phi) is 6.61. The van der Waals surface area contributed by atoms with Crippen LogP contribution in [0.2, 0.25) is 0 Å². The molecule has 0 unspecified atom stereocenters. The van der Waals surface area contributed by atoms with Gasteiger partial charge in [-0.2, -0.15) is 10.5 Å². The molecule has 0 N–H and O–H groups in total. The fourth-order valence-electron chi connectivity index (χ4n) is 8.70. The first-order chi connectivity index (χ1) is 27.2. The van der Waals surface area contributed by atoms with Crippen molar-refractivity contribution in [2.45, 2.75) is 0 Å². The molecule has 254 valence electrons. The summed E-state index contributed by atoms with van der Waals surface area (Å²) in [6.45, 7) is 0. The normalized spacial score (nSPS) is 11.6. The van der Waals surface area contributed by atoms with Gasteiger partial charge in [-0.25, -0.2) is 0 Å². The molecule has 0 atom stereocenters. The number of benzene rings is 8. The van der Waals surface area contributed by atoms with Gasteiger partial charge in [0.05, 0.1) is 56.4 Å². The summed E-state index contributed by atoms with van der Waals surface area (Å²) >= 11 is 0. The van der Waals surface area contributed by atoms with Crippen molar-refractivity contribution >= 4 is 65.4 Å². The van der Waals surface area contributed by atoms with Crippen LogP contribution in [0.1, 0.15) is 11.1 Å². The maximum Gasteiger partial charge on any atom is 0.0998 e. The van der Waals surface area contributed by atoms with Gasteiger partial charge in [-0.05, 0) is 90.0 Å². The molecule has 0 amide bonds. The van der Waals surface area contributed by atoms with E-state index in [1.807, 2.05) is 24.3 Å². The Labute approximate surface area is 316 Å². The molecule has 3 heterocycles. The summed E-state index contributed by atoms with van der Waals surface area (Å²) in [6, 6.07) is 65.9. The van der Waals surface area contributed by atoms with Gasteiger partial charge in [-0.1, -0.05) is 97.1 Å². The van der Waals surface area contributed by atoms with Crippen LogP contribution in [0.4, 0.5) is 0 Å². The van der Waals surface area contributed by atoms with Crippen LogP contribution >= 0.6 is 0 Å². The second-order valence-corrected chi connectivity index (χ2v) is 14.0. The van der Waals surface area contributed by atoms with Crippen molar-refractivity contribution in [3.05, 3.63) is 187 Å². The maximum atomic E-state index is 10.5. The van der Waals surface area contributed by atoms with Crippen molar-refractivity contribution in [3.8, 4) is 40.3 Å². The minimum absolute atomic E-state index is 0.615. The van der Waals surface area contributed by atoms with Crippen molar-refractivity contribution in [1.29, 1.82) is 10.5 Å². The monoisotopic (exact) mass is 699 g/mol. The number of nitriles is 2. The molecule has 0 fully saturated rings. The van der Waals surface area contributed by atoms with Crippen LogP contribution in [0.25, 0.3) is 93.6 Å². The van der Waals surface area contributed by atoms with Gasteiger partial charge in [0, 0.05) is 49.4 Å². The molecule has 0 aliphatic carbocycles. The van der Waals surface area contributed by atoms with Gasteiger partial charge in [0.1, 0.15) is 0 Å². The molecule has 0 aliphatic rings. The lowest BCUT2D eigenvalue weighted by molar-refractivity contribution is 1.15. The molecule has 0 spiro atoms. The SMILES string of the molecule is N#Cc1ccc2c(c1)c1ccc(-n3c4ccccc4c4ccccc43)cc1n2-c1ccc(-c2ccc(-n3c4ccccc4c4ccccc43)cc2C#N)cc1. The summed E-state index contributed by atoms with van der Waals surface area (Å²) in [5.41, 5.74) is 12.7. The van der Waals surface area contributed by atoms with Crippen molar-refractivity contribution < 1.29 is 0 Å². The Balaban J connectivity index is 1.06. The first-order valence-corrected chi connectivity index (χ1v) is 18.3. The highest BCUT2D eigenvalue weighted by Gasteiger charge is 2.18. The number of nitrogens with zero attached hydrogens (tertiary/aromatic N) is 5. The largest absolute Gasteiger partial charge is 0.309 e. The van der Waals surface area contributed by atoms with Crippen LogP contribution in [0.15, 0.2) is 176 Å². The maximum absolute atomic E-state index is 10.5. The minimum Gasteiger partial charge on any atom is -0.309 e. The Morgan fingerprint density at radius 3 is 1.33 bits per heavy atom. The van der Waals surface area contributed by atoms with E-state index < -0.39 is 0 Å². The van der Waals surface area contributed by atoms with E-state index in [4.69, 9.17) is 0 Å². The zero-order valence-electron chi connectivity index (χ0n) is 29.5. The van der Waals surface area contributed by atoms with Crippen LogP contribution in [0, 0.1) is 22.7 Å². The Hall–Kier alpha value is -7.86. The Bertz CT molecular complexity index is 3350. The third-order valence-electron chi connectivity index (χ3n) is 11.1. The second-order valence-electron chi connectivity index (χ2n) is 14.0. The molecule has 11 rings (SSSR count). The van der Waals surface area contributed by atoms with E-state index in [2.05, 4.69) is 177 Å². The highest BCUT2D eigenvalue weighted by Crippen LogP contribution is 2.38. The van der Waals surface area contributed by atoms with Crippen LogP contribution in [-0.4, -0.2) is 13.7 Å². The fourth-order valence-corrected chi connectivity index (χ4v) is 8.70. The number of hydrogen-bond acceptors (Lipinski definition) is 2. The van der Waals surface area contributed by atoms with E-state index in [1.165, 1.54) is 21.5 Å². The summed E-state index contributed by atoms with van der Waals surface area (Å²) in [6.07, 6.45) is 0. The highest BCUT2D eigenvalue weighted by molar-refractivity contribution is 6.12. The summed E-state index contributed by atoms with van der Waals surface area (Å²) in [5, 5.41) is 27.2. The number of hydrogen-bond donors (Lipinski definition) is 0. The van der Waals surface area contributed by atoms with Crippen LogP contribution in [-0.2, 0) is 0 Å². The third kappa shape index (κ3) is 4.51. The van der Waals surface area contributed by atoms with Gasteiger partial charge in [-0.3, -0.25) is 0 Å². The van der Waals surface area contributed by atoms with Crippen LogP contribution in [0.5, 0.6) is 0 Å². The van der Waals surface area contributed by atoms with Crippen molar-refractivity contribution in [2.75, 3.05) is 0 Å². The van der Waals surface area contributed by atoms with E-state index in [0.29, 0.717) is 11.1 Å². The minimum atomic E-state index is 0.615. The summed E-state index contributed by atoms with van der Waals surface area (Å²) in [4.78, 5) is 0. The van der Waals surface area contributed by atoms with E-state index >= 15 is 0 Å². The van der Waals surface area contributed by atoms with Crippen LogP contribution < -0.4 is 0 Å². The predicted octanol–water partition coefficient (Wildman–Crippen LogP) is 12.4. The average Bonchev–Trinajstić information content (AvgIpc) is 3.88. The van der Waals surface area contributed by atoms with Crippen molar-refractivity contribution in [2.24, 2.45) is 0 Å². The van der Waals surface area contributed by atoms with Crippen molar-refractivity contribution in [3.63, 3.8) is 0 Å². The van der Waals surface area contributed by atoms with Gasteiger partial charge < -0.3 is 13.7 Å². The summed E-state index contributed by atoms with van der Waals surface area (Å²) in [7, 11) is 0. The number of para-hydroxylation sites is 4. The number of fused-ring (bicyclic) bond motifs is 9. The first-order valence-electron chi connectivity index (χ1n) is 18.3. The van der Waals surface area contributed by atoms with E-state index in [-0.39, 0.29) is 0 Å². The van der Waals surface area contributed by atoms with Gasteiger partial charge in [-0.15, -0.1) is 0 Å². The van der Waals surface area contributed by atoms with E-state index in [1.54, 1.807) is 0 Å². The zero-order chi connectivity index (χ0) is 36.6. The molecule has 55 heavy (non-hydrogen) atoms. The molecular weight excluding hydrogens is 671 g/mol. The lowest BCUT2D eigenvalue weighted by atomic mass is 9.99. The van der Waals surface area contributed by atoms with E-state index in [9.17, 15) is 10.5 Å². The topological polar surface area (TPSA) is 62.4 Å². The van der Waals surface area contributed by atoms with Gasteiger partial charge >= 0.3 is 0 Å². The van der Waals surface area contributed by atoms with Gasteiger partial charge in [0.2, 0.25) is 0 Å². The van der Waals surface area contributed by atoms with Crippen LogP contribution in [0.3, 0.4) is 0 Å². The third-order valence-corrected chi connectivity index (χ3v) is 11.1. The molecule has 0 radical (unpaired) electrons. The average molecular weight is 700 g/mol. The molecule has 0 saturated carbocycles. The van der Waals surface area contributed by atoms with Gasteiger partial charge in [0.15, 0.2) is 0 Å². The number of aromatic nitrogens is 3. The molecule has 8 aromatic carbocycles. The highest BCUT2D eigenvalue weighted by atomic mass is 15.0. The van der Waals surface area contributed by atoms with Gasteiger partial charge in [0.25, 0.3) is 0 Å². The molecule has 5 nitrogen and oxygen atoms in total. The smallest absolute Gasteiger partial charge is 0.0998 e. The number of rotatable bonds is 4. The lowest BCUT2D eigenvalue weighted by Gasteiger charge is -2.13.